The van der Waals surface area contributed by atoms with Crippen LogP contribution < -0.4 is 4.74 Å². The number of halogens is 3. The van der Waals surface area contributed by atoms with Crippen molar-refractivity contribution in [2.75, 3.05) is 7.11 Å². The Morgan fingerprint density at radius 1 is 1.00 bits per heavy atom. The van der Waals surface area contributed by atoms with Crippen LogP contribution in [-0.2, 0) is 6.18 Å². The molecule has 34 heavy (non-hydrogen) atoms. The summed E-state index contributed by atoms with van der Waals surface area (Å²) in [6.07, 6.45) is -0.481. The summed E-state index contributed by atoms with van der Waals surface area (Å²) in [4.78, 5) is 15.6. The first-order chi connectivity index (χ1) is 16.3. The second kappa shape index (κ2) is 9.22. The minimum absolute atomic E-state index is 0.147. The van der Waals surface area contributed by atoms with Crippen LogP contribution in [0.25, 0.3) is 29.2 Å². The van der Waals surface area contributed by atoms with Crippen molar-refractivity contribution in [3.63, 3.8) is 0 Å². The van der Waals surface area contributed by atoms with Crippen LogP contribution in [0, 0.1) is 0 Å². The quantitative estimate of drug-likeness (QED) is 0.363. The molecule has 2 heterocycles. The van der Waals surface area contributed by atoms with Gasteiger partial charge in [-0.15, -0.1) is 0 Å². The number of alkyl halides is 3. The van der Waals surface area contributed by atoms with Gasteiger partial charge in [0.1, 0.15) is 11.3 Å². The van der Waals surface area contributed by atoms with Crippen LogP contribution in [0.15, 0.2) is 72.9 Å². The van der Waals surface area contributed by atoms with Gasteiger partial charge < -0.3 is 9.84 Å². The number of hydrogen-bond acceptors (Lipinski definition) is 4. The number of methoxy groups -OCH3 is 1. The maximum absolute atomic E-state index is 13.6. The summed E-state index contributed by atoms with van der Waals surface area (Å²) in [5, 5.41) is 12.8. The third-order valence-corrected chi connectivity index (χ3v) is 5.03. The predicted octanol–water partition coefficient (Wildman–Crippen LogP) is 5.83. The van der Waals surface area contributed by atoms with Gasteiger partial charge in [0.2, 0.25) is 0 Å². The summed E-state index contributed by atoms with van der Waals surface area (Å²) in [5.41, 5.74) is 0.497. The third-order valence-electron chi connectivity index (χ3n) is 5.03. The van der Waals surface area contributed by atoms with E-state index in [1.54, 1.807) is 31.4 Å². The fraction of sp³-hybridized carbons (Fsp3) is 0.0800. The molecule has 0 bridgehead atoms. The van der Waals surface area contributed by atoms with E-state index in [1.807, 2.05) is 48.6 Å². The largest absolute Gasteiger partial charge is 0.497 e. The van der Waals surface area contributed by atoms with E-state index in [0.29, 0.717) is 22.1 Å². The number of benzene rings is 2. The van der Waals surface area contributed by atoms with Crippen LogP contribution in [0.2, 0.25) is 0 Å². The van der Waals surface area contributed by atoms with E-state index < -0.39 is 23.4 Å². The zero-order valence-electron chi connectivity index (χ0n) is 17.8. The molecule has 0 amide bonds. The molecule has 4 aromatic rings. The zero-order chi connectivity index (χ0) is 24.3. The van der Waals surface area contributed by atoms with Crippen molar-refractivity contribution in [2.24, 2.45) is 0 Å². The molecule has 172 valence electrons. The monoisotopic (exact) mass is 465 g/mol. The predicted molar refractivity (Wildman–Crippen MR) is 121 cm³/mol. The molecule has 1 N–H and O–H groups in total. The number of aromatic carboxylic acids is 1. The molecule has 0 atom stereocenters. The highest BCUT2D eigenvalue weighted by molar-refractivity contribution is 5.89. The van der Waals surface area contributed by atoms with Gasteiger partial charge >= 0.3 is 12.1 Å². The lowest BCUT2D eigenvalue weighted by Gasteiger charge is -2.12. The topological polar surface area (TPSA) is 77.2 Å². The van der Waals surface area contributed by atoms with Gasteiger partial charge in [0.05, 0.1) is 19.0 Å². The van der Waals surface area contributed by atoms with Gasteiger partial charge in [0.25, 0.3) is 0 Å². The van der Waals surface area contributed by atoms with Crippen molar-refractivity contribution < 1.29 is 27.8 Å². The van der Waals surface area contributed by atoms with Gasteiger partial charge in [-0.3, -0.25) is 0 Å². The van der Waals surface area contributed by atoms with Crippen LogP contribution in [0.1, 0.15) is 27.2 Å². The fourth-order valence-corrected chi connectivity index (χ4v) is 3.42. The highest BCUT2D eigenvalue weighted by atomic mass is 19.4. The van der Waals surface area contributed by atoms with Crippen molar-refractivity contribution in [1.82, 2.24) is 14.8 Å². The lowest BCUT2D eigenvalue weighted by Crippen LogP contribution is -2.18. The SMILES string of the molecule is COc1ccc(/C=C/c2ccccc2-c2cccc(-n3ncc(C(=O)O)c3C(F)(F)F)n2)cc1. The second-order valence-electron chi connectivity index (χ2n) is 7.20. The fourth-order valence-electron chi connectivity index (χ4n) is 3.42. The van der Waals surface area contributed by atoms with Gasteiger partial charge in [0, 0.05) is 5.56 Å². The molecule has 0 spiro atoms. The van der Waals surface area contributed by atoms with Crippen molar-refractivity contribution in [3.05, 3.63) is 95.3 Å². The molecule has 0 aliphatic heterocycles. The Hall–Kier alpha value is -4.40. The number of carbonyl (C=O) groups is 1. The van der Waals surface area contributed by atoms with Crippen LogP contribution >= 0.6 is 0 Å². The molecular weight excluding hydrogens is 447 g/mol. The first-order valence-corrected chi connectivity index (χ1v) is 10.1. The van der Waals surface area contributed by atoms with E-state index in [2.05, 4.69) is 10.1 Å². The van der Waals surface area contributed by atoms with Crippen molar-refractivity contribution in [2.45, 2.75) is 6.18 Å². The smallest absolute Gasteiger partial charge is 0.434 e. The zero-order valence-corrected chi connectivity index (χ0v) is 17.8. The molecule has 0 saturated heterocycles. The molecule has 0 unspecified atom stereocenters. The van der Waals surface area contributed by atoms with Crippen LogP contribution in [0.4, 0.5) is 13.2 Å². The number of rotatable bonds is 6. The molecule has 0 fully saturated rings. The summed E-state index contributed by atoms with van der Waals surface area (Å²) in [5.74, 6) is -1.13. The number of aromatic nitrogens is 3. The summed E-state index contributed by atoms with van der Waals surface area (Å²) in [6.45, 7) is 0. The third kappa shape index (κ3) is 4.68. The Morgan fingerprint density at radius 3 is 2.41 bits per heavy atom. The normalized spacial score (nSPS) is 11.6. The Morgan fingerprint density at radius 2 is 1.74 bits per heavy atom. The van der Waals surface area contributed by atoms with E-state index in [4.69, 9.17) is 9.84 Å². The number of pyridine rings is 1. The van der Waals surface area contributed by atoms with E-state index in [9.17, 15) is 18.0 Å². The average molecular weight is 465 g/mol. The highest BCUT2D eigenvalue weighted by Gasteiger charge is 2.41. The average Bonchev–Trinajstić information content (AvgIpc) is 3.30. The van der Waals surface area contributed by atoms with Crippen LogP contribution in [0.3, 0.4) is 0 Å². The van der Waals surface area contributed by atoms with Crippen LogP contribution in [-0.4, -0.2) is 33.0 Å². The molecule has 0 aliphatic carbocycles. The van der Waals surface area contributed by atoms with Crippen LogP contribution in [0.5, 0.6) is 5.75 Å². The Bertz CT molecular complexity index is 1360. The van der Waals surface area contributed by atoms with Gasteiger partial charge in [-0.2, -0.15) is 18.3 Å². The molecule has 2 aromatic carbocycles. The minimum atomic E-state index is -4.93. The van der Waals surface area contributed by atoms with E-state index in [-0.39, 0.29) is 5.82 Å². The lowest BCUT2D eigenvalue weighted by molar-refractivity contribution is -0.143. The Labute approximate surface area is 192 Å². The van der Waals surface area contributed by atoms with E-state index in [0.717, 1.165) is 16.9 Å². The minimum Gasteiger partial charge on any atom is -0.497 e. The summed E-state index contributed by atoms with van der Waals surface area (Å²) < 4.78 is 46.5. The molecule has 0 aliphatic rings. The Balaban J connectivity index is 1.74. The number of hydrogen-bond donors (Lipinski definition) is 1. The molecule has 0 radical (unpaired) electrons. The molecule has 9 heteroatoms. The number of carboxylic acids is 1. The van der Waals surface area contributed by atoms with Crippen molar-refractivity contribution in [1.29, 1.82) is 0 Å². The van der Waals surface area contributed by atoms with E-state index >= 15 is 0 Å². The van der Waals surface area contributed by atoms with Crippen molar-refractivity contribution in [3.8, 4) is 22.8 Å². The summed E-state index contributed by atoms with van der Waals surface area (Å²) in [6, 6.07) is 19.3. The van der Waals surface area contributed by atoms with Gasteiger partial charge in [0.15, 0.2) is 11.5 Å². The number of nitrogens with zero attached hydrogens (tertiary/aromatic N) is 3. The second-order valence-corrected chi connectivity index (χ2v) is 7.20. The van der Waals surface area contributed by atoms with Gasteiger partial charge in [-0.05, 0) is 35.4 Å². The molecule has 2 aromatic heterocycles. The van der Waals surface area contributed by atoms with Crippen molar-refractivity contribution >= 4 is 18.1 Å². The maximum Gasteiger partial charge on any atom is 0.434 e. The molecule has 0 saturated carbocycles. The van der Waals surface area contributed by atoms with Gasteiger partial charge in [-0.25, -0.2) is 14.5 Å². The number of ether oxygens (including phenoxy) is 1. The summed E-state index contributed by atoms with van der Waals surface area (Å²) >= 11 is 0. The van der Waals surface area contributed by atoms with Gasteiger partial charge in [-0.1, -0.05) is 54.6 Å². The standard InChI is InChI=1S/C25H18F3N3O3/c1-34-18-13-10-16(11-14-18)9-12-17-5-2-3-6-19(17)21-7-4-8-22(30-21)31-23(25(26,27)28)20(15-29-31)24(32)33/h2-15H,1H3,(H,32,33)/b12-9+. The number of carboxylic acid groups (broad SMARTS) is 1. The molecule has 4 rings (SSSR count). The lowest BCUT2D eigenvalue weighted by atomic mass is 10.0. The highest BCUT2D eigenvalue weighted by Crippen LogP contribution is 2.34. The molecule has 6 nitrogen and oxygen atoms in total. The first-order valence-electron chi connectivity index (χ1n) is 10.1. The first kappa shape index (κ1) is 22.8. The summed E-state index contributed by atoms with van der Waals surface area (Å²) in [7, 11) is 1.59. The molecular formula is C25H18F3N3O3. The van der Waals surface area contributed by atoms with E-state index in [1.165, 1.54) is 6.07 Å². The maximum atomic E-state index is 13.6. The Kier molecular flexibility index (Phi) is 6.18.